The number of hydrogen-bond acceptors (Lipinski definition) is 4. The summed E-state index contributed by atoms with van der Waals surface area (Å²) in [6.45, 7) is 3.47. The second kappa shape index (κ2) is 5.73. The number of ether oxygens (including phenoxy) is 1. The minimum atomic E-state index is -0.471. The molecule has 0 aliphatic carbocycles. The third-order valence-corrected chi connectivity index (χ3v) is 2.86. The average Bonchev–Trinajstić information content (AvgIpc) is 2.33. The first kappa shape index (κ1) is 14.0. The molecule has 0 unspecified atom stereocenters. The van der Waals surface area contributed by atoms with Crippen LogP contribution in [0, 0.1) is 13.8 Å². The van der Waals surface area contributed by atoms with Crippen molar-refractivity contribution in [2.24, 2.45) is 0 Å². The standard InChI is InChI=1S/C14H16N2O4/c1-9-3-10(2)5-11(4-9)20-8-14(19)16-6-12(17)15-13(18)7-16/h3-5H,6-8H2,1-2H3,(H,15,17,18). The van der Waals surface area contributed by atoms with Gasteiger partial charge in [-0.3, -0.25) is 19.7 Å². The lowest BCUT2D eigenvalue weighted by Crippen LogP contribution is -2.54. The monoisotopic (exact) mass is 276 g/mol. The number of nitrogens with one attached hydrogen (secondary N) is 1. The zero-order chi connectivity index (χ0) is 14.7. The highest BCUT2D eigenvalue weighted by Crippen LogP contribution is 2.16. The van der Waals surface area contributed by atoms with E-state index in [-0.39, 0.29) is 25.6 Å². The van der Waals surface area contributed by atoms with Crippen molar-refractivity contribution in [1.82, 2.24) is 10.2 Å². The smallest absolute Gasteiger partial charge is 0.261 e. The van der Waals surface area contributed by atoms with Crippen LogP contribution >= 0.6 is 0 Å². The Bertz CT molecular complexity index is 532. The largest absolute Gasteiger partial charge is 0.484 e. The maximum absolute atomic E-state index is 11.9. The molecule has 6 nitrogen and oxygen atoms in total. The van der Waals surface area contributed by atoms with E-state index in [1.54, 1.807) is 0 Å². The lowest BCUT2D eigenvalue weighted by Gasteiger charge is -2.25. The quantitative estimate of drug-likeness (QED) is 0.798. The van der Waals surface area contributed by atoms with Crippen LogP contribution in [-0.4, -0.2) is 42.3 Å². The molecule has 106 valence electrons. The lowest BCUT2D eigenvalue weighted by molar-refractivity contribution is -0.146. The van der Waals surface area contributed by atoms with Crippen molar-refractivity contribution >= 4 is 17.7 Å². The minimum absolute atomic E-state index is 0.110. The molecule has 20 heavy (non-hydrogen) atoms. The van der Waals surface area contributed by atoms with E-state index >= 15 is 0 Å². The summed E-state index contributed by atoms with van der Waals surface area (Å²) in [6, 6.07) is 5.66. The second-order valence-electron chi connectivity index (χ2n) is 4.83. The fraction of sp³-hybridized carbons (Fsp3) is 0.357. The zero-order valence-electron chi connectivity index (χ0n) is 11.4. The van der Waals surface area contributed by atoms with Gasteiger partial charge < -0.3 is 9.64 Å². The summed E-state index contributed by atoms with van der Waals surface area (Å²) in [6.07, 6.45) is 0. The molecular formula is C14H16N2O4. The van der Waals surface area contributed by atoms with E-state index in [2.05, 4.69) is 5.32 Å². The molecule has 0 aromatic heterocycles. The molecule has 1 aromatic rings. The number of carbonyl (C=O) groups excluding carboxylic acids is 3. The summed E-state index contributed by atoms with van der Waals surface area (Å²) in [5.41, 5.74) is 2.08. The van der Waals surface area contributed by atoms with Gasteiger partial charge in [-0.2, -0.15) is 0 Å². The van der Waals surface area contributed by atoms with E-state index in [0.29, 0.717) is 5.75 Å². The van der Waals surface area contributed by atoms with Crippen molar-refractivity contribution in [3.63, 3.8) is 0 Å². The Balaban J connectivity index is 1.94. The van der Waals surface area contributed by atoms with Gasteiger partial charge in [-0.05, 0) is 37.1 Å². The molecule has 3 amide bonds. The van der Waals surface area contributed by atoms with Gasteiger partial charge in [-0.15, -0.1) is 0 Å². The minimum Gasteiger partial charge on any atom is -0.484 e. The normalized spacial score (nSPS) is 15.0. The van der Waals surface area contributed by atoms with E-state index in [0.717, 1.165) is 11.1 Å². The molecule has 0 radical (unpaired) electrons. The predicted molar refractivity (Wildman–Crippen MR) is 71.1 cm³/mol. The molecule has 0 bridgehead atoms. The van der Waals surface area contributed by atoms with E-state index in [9.17, 15) is 14.4 Å². The van der Waals surface area contributed by atoms with E-state index in [4.69, 9.17) is 4.74 Å². The van der Waals surface area contributed by atoms with Crippen LogP contribution < -0.4 is 10.1 Å². The fourth-order valence-corrected chi connectivity index (χ4v) is 2.07. The van der Waals surface area contributed by atoms with E-state index in [1.165, 1.54) is 4.90 Å². The van der Waals surface area contributed by atoms with Gasteiger partial charge in [0.2, 0.25) is 11.8 Å². The Morgan fingerprint density at radius 3 is 2.25 bits per heavy atom. The van der Waals surface area contributed by atoms with Gasteiger partial charge in [0.05, 0.1) is 0 Å². The number of carbonyl (C=O) groups is 3. The number of piperazine rings is 1. The molecule has 1 aliphatic rings. The van der Waals surface area contributed by atoms with Crippen molar-refractivity contribution in [1.29, 1.82) is 0 Å². The molecule has 1 aliphatic heterocycles. The topological polar surface area (TPSA) is 75.7 Å². The SMILES string of the molecule is Cc1cc(C)cc(OCC(=O)N2CC(=O)NC(=O)C2)c1. The molecule has 1 aromatic carbocycles. The number of imide groups is 1. The molecule has 0 atom stereocenters. The van der Waals surface area contributed by atoms with Gasteiger partial charge in [-0.1, -0.05) is 6.07 Å². The number of amides is 3. The maximum Gasteiger partial charge on any atom is 0.261 e. The highest BCUT2D eigenvalue weighted by molar-refractivity contribution is 6.02. The van der Waals surface area contributed by atoms with E-state index < -0.39 is 11.8 Å². The highest BCUT2D eigenvalue weighted by atomic mass is 16.5. The van der Waals surface area contributed by atoms with E-state index in [1.807, 2.05) is 32.0 Å². The summed E-state index contributed by atoms with van der Waals surface area (Å²) < 4.78 is 5.42. The van der Waals surface area contributed by atoms with Gasteiger partial charge >= 0.3 is 0 Å². The summed E-state index contributed by atoms with van der Waals surface area (Å²) in [7, 11) is 0. The van der Waals surface area contributed by atoms with Crippen LogP contribution in [0.5, 0.6) is 5.75 Å². The number of hydrogen-bond donors (Lipinski definition) is 1. The van der Waals surface area contributed by atoms with Gasteiger partial charge in [0.25, 0.3) is 5.91 Å². The third kappa shape index (κ3) is 3.57. The summed E-state index contributed by atoms with van der Waals surface area (Å²) >= 11 is 0. The lowest BCUT2D eigenvalue weighted by atomic mass is 10.1. The van der Waals surface area contributed by atoms with Crippen LogP contribution in [0.1, 0.15) is 11.1 Å². The van der Waals surface area contributed by atoms with Crippen LogP contribution in [0.25, 0.3) is 0 Å². The van der Waals surface area contributed by atoms with Crippen molar-refractivity contribution in [2.75, 3.05) is 19.7 Å². The van der Waals surface area contributed by atoms with Gasteiger partial charge in [0.15, 0.2) is 6.61 Å². The van der Waals surface area contributed by atoms with Crippen LogP contribution in [0.15, 0.2) is 18.2 Å². The number of nitrogens with zero attached hydrogens (tertiary/aromatic N) is 1. The molecule has 1 fully saturated rings. The van der Waals surface area contributed by atoms with Gasteiger partial charge in [0, 0.05) is 0 Å². The van der Waals surface area contributed by atoms with Gasteiger partial charge in [-0.25, -0.2) is 0 Å². The van der Waals surface area contributed by atoms with Crippen molar-refractivity contribution < 1.29 is 19.1 Å². The van der Waals surface area contributed by atoms with Gasteiger partial charge in [0.1, 0.15) is 18.8 Å². The molecule has 2 rings (SSSR count). The fourth-order valence-electron chi connectivity index (χ4n) is 2.07. The number of benzene rings is 1. The Hall–Kier alpha value is -2.37. The van der Waals surface area contributed by atoms with Crippen LogP contribution in [0.3, 0.4) is 0 Å². The van der Waals surface area contributed by atoms with Crippen molar-refractivity contribution in [2.45, 2.75) is 13.8 Å². The van der Waals surface area contributed by atoms with Crippen LogP contribution in [0.2, 0.25) is 0 Å². The summed E-state index contributed by atoms with van der Waals surface area (Å²) in [4.78, 5) is 35.5. The molecule has 1 heterocycles. The highest BCUT2D eigenvalue weighted by Gasteiger charge is 2.26. The molecule has 6 heteroatoms. The molecule has 0 spiro atoms. The summed E-state index contributed by atoms with van der Waals surface area (Å²) in [5, 5.41) is 2.14. The summed E-state index contributed by atoms with van der Waals surface area (Å²) in [5.74, 6) is -0.724. The average molecular weight is 276 g/mol. The van der Waals surface area contributed by atoms with Crippen LogP contribution in [-0.2, 0) is 14.4 Å². The van der Waals surface area contributed by atoms with Crippen molar-refractivity contribution in [3.8, 4) is 5.75 Å². The third-order valence-electron chi connectivity index (χ3n) is 2.86. The second-order valence-corrected chi connectivity index (χ2v) is 4.83. The Labute approximate surface area is 116 Å². The Kier molecular flexibility index (Phi) is 4.02. The Morgan fingerprint density at radius 2 is 1.70 bits per heavy atom. The number of aryl methyl sites for hydroxylation is 2. The molecule has 0 saturated carbocycles. The number of rotatable bonds is 3. The first-order valence-electron chi connectivity index (χ1n) is 6.25. The molecule has 1 N–H and O–H groups in total. The first-order valence-corrected chi connectivity index (χ1v) is 6.25. The van der Waals surface area contributed by atoms with Crippen LogP contribution in [0.4, 0.5) is 0 Å². The Morgan fingerprint density at radius 1 is 1.15 bits per heavy atom. The van der Waals surface area contributed by atoms with Crippen molar-refractivity contribution in [3.05, 3.63) is 29.3 Å². The zero-order valence-corrected chi connectivity index (χ0v) is 11.4. The first-order chi connectivity index (χ1) is 9.44. The molecule has 1 saturated heterocycles. The maximum atomic E-state index is 11.9. The molecular weight excluding hydrogens is 260 g/mol. The predicted octanol–water partition coefficient (Wildman–Crippen LogP) is 0.167.